The van der Waals surface area contributed by atoms with E-state index in [0.29, 0.717) is 32.1 Å². The molecule has 0 aliphatic heterocycles. The summed E-state index contributed by atoms with van der Waals surface area (Å²) in [5.41, 5.74) is -0.746. The maximum absolute atomic E-state index is 12.1. The van der Waals surface area contributed by atoms with Gasteiger partial charge in [-0.05, 0) is 32.1 Å². The molecule has 1 aliphatic carbocycles. The molecule has 0 aromatic carbocycles. The second-order valence-corrected chi connectivity index (χ2v) is 5.33. The van der Waals surface area contributed by atoms with Gasteiger partial charge in [-0.25, -0.2) is 0 Å². The summed E-state index contributed by atoms with van der Waals surface area (Å²) in [6.07, 6.45) is -2.58. The lowest BCUT2D eigenvalue weighted by molar-refractivity contribution is -0.163. The summed E-state index contributed by atoms with van der Waals surface area (Å²) in [6.45, 7) is -0.365. The topological polar surface area (TPSA) is 75.6 Å². The predicted molar refractivity (Wildman–Crippen MR) is 67.2 cm³/mol. The van der Waals surface area contributed by atoms with Crippen LogP contribution in [0.2, 0.25) is 0 Å². The van der Waals surface area contributed by atoms with Gasteiger partial charge >= 0.3 is 12.1 Å². The zero-order valence-electron chi connectivity index (χ0n) is 11.8. The fourth-order valence-corrected chi connectivity index (χ4v) is 2.39. The molecule has 0 spiro atoms. The molecule has 122 valence electrons. The Morgan fingerprint density at radius 1 is 1.33 bits per heavy atom. The third kappa shape index (κ3) is 5.53. The molecule has 8 heteroatoms. The van der Waals surface area contributed by atoms with Crippen molar-refractivity contribution in [3.63, 3.8) is 0 Å². The molecular weight excluding hydrogens is 291 g/mol. The van der Waals surface area contributed by atoms with Gasteiger partial charge in [-0.15, -0.1) is 0 Å². The van der Waals surface area contributed by atoms with E-state index < -0.39 is 42.7 Å². The first-order valence-electron chi connectivity index (χ1n) is 6.87. The number of carbonyl (C=O) groups is 2. The van der Waals surface area contributed by atoms with E-state index in [4.69, 9.17) is 4.74 Å². The first kappa shape index (κ1) is 17.7. The number of aliphatic hydroxyl groups excluding tert-OH is 1. The van der Waals surface area contributed by atoms with Gasteiger partial charge in [0.05, 0.1) is 11.5 Å². The lowest BCUT2D eigenvalue weighted by Gasteiger charge is -2.35. The van der Waals surface area contributed by atoms with E-state index in [0.717, 1.165) is 0 Å². The number of amides is 1. The van der Waals surface area contributed by atoms with E-state index in [1.807, 2.05) is 6.92 Å². The van der Waals surface area contributed by atoms with Gasteiger partial charge in [-0.3, -0.25) is 9.59 Å². The Morgan fingerprint density at radius 3 is 2.38 bits per heavy atom. The molecule has 5 nitrogen and oxygen atoms in total. The Balaban J connectivity index is 2.43. The van der Waals surface area contributed by atoms with Crippen LogP contribution in [0.3, 0.4) is 0 Å². The molecule has 1 rings (SSSR count). The summed E-state index contributed by atoms with van der Waals surface area (Å²) in [5, 5.41) is 11.1. The van der Waals surface area contributed by atoms with Gasteiger partial charge in [-0.1, -0.05) is 6.92 Å². The van der Waals surface area contributed by atoms with Crippen LogP contribution in [0.25, 0.3) is 0 Å². The Kier molecular flexibility index (Phi) is 6.00. The number of hydrogen-bond acceptors (Lipinski definition) is 4. The molecular formula is C13H20F3NO4. The van der Waals surface area contributed by atoms with Gasteiger partial charge in [0, 0.05) is 0 Å². The number of hydrogen-bond donors (Lipinski definition) is 2. The van der Waals surface area contributed by atoms with Gasteiger partial charge in [0.1, 0.15) is 6.54 Å². The van der Waals surface area contributed by atoms with Gasteiger partial charge in [0.2, 0.25) is 0 Å². The van der Waals surface area contributed by atoms with Crippen molar-refractivity contribution in [2.45, 2.75) is 51.3 Å². The van der Waals surface area contributed by atoms with Crippen molar-refractivity contribution in [3.8, 4) is 0 Å². The van der Waals surface area contributed by atoms with Crippen molar-refractivity contribution in [2.24, 2.45) is 5.41 Å². The average Bonchev–Trinajstić information content (AvgIpc) is 2.43. The summed E-state index contributed by atoms with van der Waals surface area (Å²) in [5.74, 6) is -1.57. The lowest BCUT2D eigenvalue weighted by atomic mass is 9.71. The highest BCUT2D eigenvalue weighted by molar-refractivity contribution is 5.82. The number of alkyl halides is 3. The van der Waals surface area contributed by atoms with Gasteiger partial charge in [0.15, 0.2) is 6.61 Å². The molecule has 0 unspecified atom stereocenters. The standard InChI is InChI=1S/C13H20F3NO4/c1-2-12(5-3-9(18)4-6-12)11(20)21-7-10(19)17-8-13(14,15)16/h9,18H,2-8H2,1H3,(H,17,19). The Hall–Kier alpha value is -1.31. The van der Waals surface area contributed by atoms with Crippen molar-refractivity contribution in [2.75, 3.05) is 13.2 Å². The van der Waals surface area contributed by atoms with Crippen LogP contribution in [0.15, 0.2) is 0 Å². The molecule has 0 radical (unpaired) electrons. The molecule has 0 aromatic heterocycles. The van der Waals surface area contributed by atoms with Crippen LogP contribution in [0.1, 0.15) is 39.0 Å². The second-order valence-electron chi connectivity index (χ2n) is 5.33. The monoisotopic (exact) mass is 311 g/mol. The molecule has 0 aromatic rings. The normalized spacial score (nSPS) is 26.2. The molecule has 1 aliphatic rings. The molecule has 0 atom stereocenters. The zero-order valence-corrected chi connectivity index (χ0v) is 11.8. The van der Waals surface area contributed by atoms with Crippen molar-refractivity contribution in [1.29, 1.82) is 0 Å². The number of nitrogens with one attached hydrogen (secondary N) is 1. The number of ether oxygens (including phenoxy) is 1. The fraction of sp³-hybridized carbons (Fsp3) is 0.846. The molecule has 1 amide bonds. The van der Waals surface area contributed by atoms with Gasteiger partial charge < -0.3 is 15.2 Å². The van der Waals surface area contributed by atoms with Crippen LogP contribution < -0.4 is 5.32 Å². The van der Waals surface area contributed by atoms with Crippen LogP contribution >= 0.6 is 0 Å². The van der Waals surface area contributed by atoms with Crippen LogP contribution in [-0.4, -0.2) is 42.4 Å². The number of carbonyl (C=O) groups excluding carboxylic acids is 2. The minimum absolute atomic E-state index is 0.437. The van der Waals surface area contributed by atoms with E-state index in [1.54, 1.807) is 5.32 Å². The minimum atomic E-state index is -4.50. The third-order valence-corrected chi connectivity index (χ3v) is 3.84. The Labute approximate surface area is 120 Å². The number of esters is 1. The molecule has 21 heavy (non-hydrogen) atoms. The third-order valence-electron chi connectivity index (χ3n) is 3.84. The molecule has 2 N–H and O–H groups in total. The van der Waals surface area contributed by atoms with Crippen molar-refractivity contribution in [3.05, 3.63) is 0 Å². The second kappa shape index (κ2) is 7.11. The van der Waals surface area contributed by atoms with E-state index in [2.05, 4.69) is 0 Å². The van der Waals surface area contributed by atoms with E-state index >= 15 is 0 Å². The smallest absolute Gasteiger partial charge is 0.405 e. The number of halogens is 3. The van der Waals surface area contributed by atoms with Crippen LogP contribution in [0.5, 0.6) is 0 Å². The van der Waals surface area contributed by atoms with E-state index in [-0.39, 0.29) is 0 Å². The summed E-state index contributed by atoms with van der Waals surface area (Å²) in [6, 6.07) is 0. The highest BCUT2D eigenvalue weighted by Crippen LogP contribution is 2.40. The zero-order chi connectivity index (χ0) is 16.1. The molecule has 0 saturated heterocycles. The summed E-state index contributed by atoms with van der Waals surface area (Å²) >= 11 is 0. The molecule has 1 saturated carbocycles. The lowest BCUT2D eigenvalue weighted by Crippen LogP contribution is -2.41. The Morgan fingerprint density at radius 2 is 1.90 bits per heavy atom. The Bertz CT molecular complexity index is 376. The fourth-order valence-electron chi connectivity index (χ4n) is 2.39. The molecule has 0 bridgehead atoms. The minimum Gasteiger partial charge on any atom is -0.455 e. The van der Waals surface area contributed by atoms with E-state index in [9.17, 15) is 27.9 Å². The first-order valence-corrected chi connectivity index (χ1v) is 6.87. The van der Waals surface area contributed by atoms with Crippen molar-refractivity contribution >= 4 is 11.9 Å². The van der Waals surface area contributed by atoms with Gasteiger partial charge in [-0.2, -0.15) is 13.2 Å². The van der Waals surface area contributed by atoms with Crippen molar-refractivity contribution in [1.82, 2.24) is 5.32 Å². The van der Waals surface area contributed by atoms with E-state index in [1.165, 1.54) is 0 Å². The summed E-state index contributed by atoms with van der Waals surface area (Å²) in [4.78, 5) is 23.3. The first-order chi connectivity index (χ1) is 9.68. The van der Waals surface area contributed by atoms with Crippen LogP contribution in [-0.2, 0) is 14.3 Å². The SMILES string of the molecule is CCC1(C(=O)OCC(=O)NCC(F)(F)F)CCC(O)CC1. The quantitative estimate of drug-likeness (QED) is 0.755. The number of rotatable bonds is 5. The predicted octanol–water partition coefficient (Wildman–Crippen LogP) is 1.54. The summed E-state index contributed by atoms with van der Waals surface area (Å²) in [7, 11) is 0. The molecule has 1 fully saturated rings. The maximum Gasteiger partial charge on any atom is 0.405 e. The largest absolute Gasteiger partial charge is 0.455 e. The average molecular weight is 311 g/mol. The highest BCUT2D eigenvalue weighted by atomic mass is 19.4. The van der Waals surface area contributed by atoms with Crippen molar-refractivity contribution < 1.29 is 32.6 Å². The highest BCUT2D eigenvalue weighted by Gasteiger charge is 2.41. The van der Waals surface area contributed by atoms with Crippen LogP contribution in [0, 0.1) is 5.41 Å². The molecule has 0 heterocycles. The van der Waals surface area contributed by atoms with Crippen LogP contribution in [0.4, 0.5) is 13.2 Å². The number of aliphatic hydroxyl groups is 1. The van der Waals surface area contributed by atoms with Gasteiger partial charge in [0.25, 0.3) is 5.91 Å². The maximum atomic E-state index is 12.1. The summed E-state index contributed by atoms with van der Waals surface area (Å²) < 4.78 is 40.6.